The van der Waals surface area contributed by atoms with E-state index in [1.165, 1.54) is 0 Å². The third-order valence-electron chi connectivity index (χ3n) is 3.11. The maximum atomic E-state index is 5.81. The van der Waals surface area contributed by atoms with Crippen molar-refractivity contribution in [2.45, 2.75) is 13.0 Å². The molecule has 1 atom stereocenters. The number of halogens is 1. The number of methoxy groups -OCH3 is 2. The van der Waals surface area contributed by atoms with Gasteiger partial charge in [0.25, 0.3) is 0 Å². The van der Waals surface area contributed by atoms with Crippen molar-refractivity contribution < 1.29 is 14.2 Å². The average molecular weight is 316 g/mol. The van der Waals surface area contributed by atoms with Crippen molar-refractivity contribution in [1.82, 2.24) is 5.32 Å². The summed E-state index contributed by atoms with van der Waals surface area (Å²) in [6, 6.07) is 1.98. The second kappa shape index (κ2) is 5.91. The zero-order chi connectivity index (χ0) is 13.1. The molecule has 5 heteroatoms. The molecular weight excluding hydrogens is 298 g/mol. The average Bonchev–Trinajstić information content (AvgIpc) is 2.39. The van der Waals surface area contributed by atoms with E-state index in [0.29, 0.717) is 5.75 Å². The zero-order valence-corrected chi connectivity index (χ0v) is 12.5. The molecule has 1 heterocycles. The van der Waals surface area contributed by atoms with Crippen LogP contribution in [0.15, 0.2) is 10.5 Å². The van der Waals surface area contributed by atoms with Crippen LogP contribution in [0.25, 0.3) is 0 Å². The summed E-state index contributed by atoms with van der Waals surface area (Å²) in [6.45, 7) is 4.50. The number of hydrogen-bond donors (Lipinski definition) is 1. The van der Waals surface area contributed by atoms with Gasteiger partial charge in [0.05, 0.1) is 31.4 Å². The number of benzene rings is 1. The van der Waals surface area contributed by atoms with Crippen molar-refractivity contribution in [2.75, 3.05) is 33.9 Å². The first-order chi connectivity index (χ1) is 8.69. The van der Waals surface area contributed by atoms with Gasteiger partial charge in [0.1, 0.15) is 0 Å². The first-order valence-corrected chi connectivity index (χ1v) is 6.71. The molecule has 0 bridgehead atoms. The van der Waals surface area contributed by atoms with Gasteiger partial charge in [-0.05, 0) is 34.5 Å². The highest BCUT2D eigenvalue weighted by atomic mass is 79.9. The number of morpholine rings is 1. The highest BCUT2D eigenvalue weighted by Gasteiger charge is 2.24. The van der Waals surface area contributed by atoms with E-state index in [0.717, 1.165) is 41.0 Å². The lowest BCUT2D eigenvalue weighted by Gasteiger charge is -2.27. The Morgan fingerprint density at radius 3 is 2.72 bits per heavy atom. The quantitative estimate of drug-likeness (QED) is 0.930. The van der Waals surface area contributed by atoms with Crippen LogP contribution >= 0.6 is 15.9 Å². The van der Waals surface area contributed by atoms with Gasteiger partial charge in [0, 0.05) is 18.7 Å². The lowest BCUT2D eigenvalue weighted by Crippen LogP contribution is -2.33. The third kappa shape index (κ3) is 2.48. The number of rotatable bonds is 3. The number of ether oxygens (including phenoxy) is 3. The summed E-state index contributed by atoms with van der Waals surface area (Å²) >= 11 is 3.61. The molecule has 0 amide bonds. The summed E-state index contributed by atoms with van der Waals surface area (Å²) in [6.07, 6.45) is 0.0490. The maximum Gasteiger partial charge on any atom is 0.175 e. The largest absolute Gasteiger partial charge is 0.493 e. The normalized spacial score (nSPS) is 19.7. The molecule has 0 radical (unpaired) electrons. The van der Waals surface area contributed by atoms with E-state index in [2.05, 4.69) is 28.2 Å². The van der Waals surface area contributed by atoms with Crippen LogP contribution in [0.1, 0.15) is 17.2 Å². The molecule has 0 aliphatic carbocycles. The van der Waals surface area contributed by atoms with Crippen LogP contribution in [-0.4, -0.2) is 33.9 Å². The Bertz CT molecular complexity index is 431. The van der Waals surface area contributed by atoms with Gasteiger partial charge in [-0.3, -0.25) is 0 Å². The van der Waals surface area contributed by atoms with E-state index in [4.69, 9.17) is 14.2 Å². The maximum absolute atomic E-state index is 5.81. The molecule has 100 valence electrons. The molecule has 0 saturated carbocycles. The minimum atomic E-state index is 0.0490. The van der Waals surface area contributed by atoms with E-state index in [-0.39, 0.29) is 6.10 Å². The Labute approximate surface area is 116 Å². The van der Waals surface area contributed by atoms with Gasteiger partial charge in [-0.25, -0.2) is 0 Å². The minimum Gasteiger partial charge on any atom is -0.493 e. The van der Waals surface area contributed by atoms with Gasteiger partial charge in [-0.2, -0.15) is 0 Å². The van der Waals surface area contributed by atoms with Crippen molar-refractivity contribution in [3.05, 3.63) is 21.7 Å². The molecule has 18 heavy (non-hydrogen) atoms. The van der Waals surface area contributed by atoms with Crippen LogP contribution in [0, 0.1) is 6.92 Å². The van der Waals surface area contributed by atoms with Gasteiger partial charge in [-0.15, -0.1) is 0 Å². The van der Waals surface area contributed by atoms with E-state index in [9.17, 15) is 0 Å². The van der Waals surface area contributed by atoms with Gasteiger partial charge in [-0.1, -0.05) is 0 Å². The van der Waals surface area contributed by atoms with Gasteiger partial charge in [0.15, 0.2) is 11.5 Å². The van der Waals surface area contributed by atoms with Crippen LogP contribution in [0.5, 0.6) is 11.5 Å². The third-order valence-corrected chi connectivity index (χ3v) is 3.89. The van der Waals surface area contributed by atoms with Crippen LogP contribution in [0.3, 0.4) is 0 Å². The lowest BCUT2D eigenvalue weighted by molar-refractivity contribution is 0.0267. The molecule has 4 nitrogen and oxygen atoms in total. The summed E-state index contributed by atoms with van der Waals surface area (Å²) in [7, 11) is 3.28. The molecule has 1 aliphatic heterocycles. The summed E-state index contributed by atoms with van der Waals surface area (Å²) < 4.78 is 17.5. The standard InChI is InChI=1S/C13H18BrNO3/c1-8-6-9(16-2)13(17-3)12(14)11(8)10-7-15-4-5-18-10/h6,10,15H,4-5,7H2,1-3H3. The molecule has 1 aliphatic rings. The van der Waals surface area contributed by atoms with Gasteiger partial charge in [0.2, 0.25) is 0 Å². The van der Waals surface area contributed by atoms with E-state index in [1.807, 2.05) is 6.07 Å². The monoisotopic (exact) mass is 315 g/mol. The summed E-state index contributed by atoms with van der Waals surface area (Å²) in [5, 5.41) is 3.34. The SMILES string of the molecule is COc1cc(C)c(C2CNCCO2)c(Br)c1OC. The van der Waals surface area contributed by atoms with E-state index >= 15 is 0 Å². The summed E-state index contributed by atoms with van der Waals surface area (Å²) in [5.41, 5.74) is 2.26. The van der Waals surface area contributed by atoms with E-state index < -0.39 is 0 Å². The predicted molar refractivity (Wildman–Crippen MR) is 73.5 cm³/mol. The summed E-state index contributed by atoms with van der Waals surface area (Å²) in [4.78, 5) is 0. The fraction of sp³-hybridized carbons (Fsp3) is 0.538. The summed E-state index contributed by atoms with van der Waals surface area (Å²) in [5.74, 6) is 1.45. The fourth-order valence-corrected chi connectivity index (χ4v) is 3.16. The predicted octanol–water partition coefficient (Wildman–Crippen LogP) is 2.44. The fourth-order valence-electron chi connectivity index (χ4n) is 2.23. The highest BCUT2D eigenvalue weighted by Crippen LogP contribution is 2.42. The second-order valence-electron chi connectivity index (χ2n) is 4.22. The van der Waals surface area contributed by atoms with E-state index in [1.54, 1.807) is 14.2 Å². The molecule has 1 aromatic carbocycles. The van der Waals surface area contributed by atoms with Crippen molar-refractivity contribution in [1.29, 1.82) is 0 Å². The number of hydrogen-bond acceptors (Lipinski definition) is 4. The molecular formula is C13H18BrNO3. The number of aryl methyl sites for hydroxylation is 1. The molecule has 1 N–H and O–H groups in total. The van der Waals surface area contributed by atoms with Gasteiger partial charge >= 0.3 is 0 Å². The number of nitrogens with one attached hydrogen (secondary N) is 1. The van der Waals surface area contributed by atoms with Crippen molar-refractivity contribution in [3.63, 3.8) is 0 Å². The zero-order valence-electron chi connectivity index (χ0n) is 10.9. The second-order valence-corrected chi connectivity index (χ2v) is 5.01. The van der Waals surface area contributed by atoms with Gasteiger partial charge < -0.3 is 19.5 Å². The molecule has 1 saturated heterocycles. The molecule has 1 unspecified atom stereocenters. The molecule has 1 aromatic rings. The van der Waals surface area contributed by atoms with Crippen molar-refractivity contribution in [3.8, 4) is 11.5 Å². The Hall–Kier alpha value is -0.780. The topological polar surface area (TPSA) is 39.7 Å². The molecule has 0 aromatic heterocycles. The Morgan fingerprint density at radius 2 is 2.17 bits per heavy atom. The smallest absolute Gasteiger partial charge is 0.175 e. The Balaban J connectivity index is 2.46. The Morgan fingerprint density at radius 1 is 1.39 bits per heavy atom. The minimum absolute atomic E-state index is 0.0490. The van der Waals surface area contributed by atoms with Crippen molar-refractivity contribution >= 4 is 15.9 Å². The molecule has 0 spiro atoms. The van der Waals surface area contributed by atoms with Crippen molar-refractivity contribution in [2.24, 2.45) is 0 Å². The molecule has 1 fully saturated rings. The first-order valence-electron chi connectivity index (χ1n) is 5.92. The highest BCUT2D eigenvalue weighted by molar-refractivity contribution is 9.10. The Kier molecular flexibility index (Phi) is 4.48. The van der Waals surface area contributed by atoms with Crippen LogP contribution in [-0.2, 0) is 4.74 Å². The van der Waals surface area contributed by atoms with Crippen LogP contribution < -0.4 is 14.8 Å². The molecule has 2 rings (SSSR count). The van der Waals surface area contributed by atoms with Crippen LogP contribution in [0.4, 0.5) is 0 Å². The first kappa shape index (κ1) is 13.6. The van der Waals surface area contributed by atoms with Crippen LogP contribution in [0.2, 0.25) is 0 Å². The lowest BCUT2D eigenvalue weighted by atomic mass is 10.0.